The number of alkyl halides is 1. The molecule has 1 aromatic carbocycles. The van der Waals surface area contributed by atoms with Crippen molar-refractivity contribution in [1.29, 1.82) is 0 Å². The number of amidine groups is 1. The van der Waals surface area contributed by atoms with Crippen molar-refractivity contribution in [3.63, 3.8) is 0 Å². The van der Waals surface area contributed by atoms with Gasteiger partial charge in [-0.25, -0.2) is 18.8 Å². The molecule has 0 fully saturated rings. The van der Waals surface area contributed by atoms with Crippen LogP contribution in [0.5, 0.6) is 0 Å². The van der Waals surface area contributed by atoms with Crippen LogP contribution in [0.2, 0.25) is 0 Å². The standard InChI is InChI=1S/C25H33ClF2N6/c1-5-7-13-34(18(3)24(32-17-26)25(29-4)30-6-2)14-9-8-10-23-31-16-22(33-23)20-15-19(27)11-12-21(20)28/h6,11-12,15,30,32H,2-5,7-10,13-14,16-17H2,1H3/b25-24+. The number of hydrogen-bond acceptors (Lipinski definition) is 6. The van der Waals surface area contributed by atoms with Crippen LogP contribution in [0.4, 0.5) is 8.78 Å². The Labute approximate surface area is 205 Å². The number of rotatable bonds is 16. The Hall–Kier alpha value is -3.00. The average molecular weight is 491 g/mol. The Balaban J connectivity index is 1.99. The molecular formula is C25H33ClF2N6. The van der Waals surface area contributed by atoms with Gasteiger partial charge in [-0.05, 0) is 50.4 Å². The van der Waals surface area contributed by atoms with Crippen LogP contribution < -0.4 is 10.6 Å². The molecule has 0 aromatic heterocycles. The molecule has 9 heteroatoms. The van der Waals surface area contributed by atoms with Crippen molar-refractivity contribution >= 4 is 29.9 Å². The maximum atomic E-state index is 14.0. The van der Waals surface area contributed by atoms with Crippen LogP contribution in [-0.4, -0.2) is 48.8 Å². The molecule has 34 heavy (non-hydrogen) atoms. The first-order chi connectivity index (χ1) is 16.4. The number of benzene rings is 1. The van der Waals surface area contributed by atoms with Crippen molar-refractivity contribution < 1.29 is 8.78 Å². The van der Waals surface area contributed by atoms with Crippen molar-refractivity contribution in [3.05, 3.63) is 72.0 Å². The van der Waals surface area contributed by atoms with Gasteiger partial charge >= 0.3 is 0 Å². The lowest BCUT2D eigenvalue weighted by Gasteiger charge is -2.29. The summed E-state index contributed by atoms with van der Waals surface area (Å²) in [5.41, 5.74) is 2.08. The number of unbranched alkanes of at least 4 members (excludes halogenated alkanes) is 2. The van der Waals surface area contributed by atoms with Gasteiger partial charge in [0.1, 0.15) is 23.2 Å². The van der Waals surface area contributed by atoms with Crippen molar-refractivity contribution in [2.75, 3.05) is 25.6 Å². The van der Waals surface area contributed by atoms with Gasteiger partial charge in [-0.2, -0.15) is 0 Å². The van der Waals surface area contributed by atoms with Crippen molar-refractivity contribution in [2.45, 2.75) is 39.0 Å². The second-order valence-electron chi connectivity index (χ2n) is 7.70. The minimum atomic E-state index is -0.491. The Morgan fingerprint density at radius 2 is 2.03 bits per heavy atom. The van der Waals surface area contributed by atoms with Crippen LogP contribution in [0.25, 0.3) is 0 Å². The van der Waals surface area contributed by atoms with E-state index >= 15 is 0 Å². The molecule has 0 aliphatic carbocycles. The van der Waals surface area contributed by atoms with Gasteiger partial charge in [-0.3, -0.25) is 4.99 Å². The number of nitrogens with zero attached hydrogens (tertiary/aromatic N) is 4. The highest BCUT2D eigenvalue weighted by Gasteiger charge is 2.18. The predicted molar refractivity (Wildman–Crippen MR) is 138 cm³/mol. The summed E-state index contributed by atoms with van der Waals surface area (Å²) < 4.78 is 27.5. The lowest BCUT2D eigenvalue weighted by molar-refractivity contribution is 0.332. The number of nitrogens with one attached hydrogen (secondary N) is 2. The van der Waals surface area contributed by atoms with Gasteiger partial charge in [0.2, 0.25) is 0 Å². The summed E-state index contributed by atoms with van der Waals surface area (Å²) in [4.78, 5) is 15.1. The molecule has 0 atom stereocenters. The van der Waals surface area contributed by atoms with E-state index in [0.717, 1.165) is 62.7 Å². The third kappa shape index (κ3) is 7.80. The lowest BCUT2D eigenvalue weighted by Crippen LogP contribution is -2.31. The van der Waals surface area contributed by atoms with Crippen molar-refractivity contribution in [1.82, 2.24) is 15.5 Å². The summed E-state index contributed by atoms with van der Waals surface area (Å²) in [6.07, 6.45) is 5.97. The van der Waals surface area contributed by atoms with E-state index in [1.54, 1.807) is 0 Å². The topological polar surface area (TPSA) is 64.4 Å². The highest BCUT2D eigenvalue weighted by molar-refractivity contribution is 6.17. The molecule has 1 aliphatic heterocycles. The summed E-state index contributed by atoms with van der Waals surface area (Å²) in [5.74, 6) is 0.190. The highest BCUT2D eigenvalue weighted by atomic mass is 35.5. The fourth-order valence-electron chi connectivity index (χ4n) is 3.55. The van der Waals surface area contributed by atoms with Crippen molar-refractivity contribution in [3.8, 4) is 0 Å². The molecule has 1 aliphatic rings. The van der Waals surface area contributed by atoms with Gasteiger partial charge in [0.25, 0.3) is 0 Å². The molecule has 0 spiro atoms. The molecule has 1 heterocycles. The van der Waals surface area contributed by atoms with Gasteiger partial charge in [-0.1, -0.05) is 26.5 Å². The number of aliphatic imine (C=N–C) groups is 3. The minimum absolute atomic E-state index is 0.173. The number of hydrogen-bond donors (Lipinski definition) is 2. The molecule has 0 unspecified atom stereocenters. The third-order valence-corrected chi connectivity index (χ3v) is 5.46. The predicted octanol–water partition coefficient (Wildman–Crippen LogP) is 5.34. The van der Waals surface area contributed by atoms with Crippen LogP contribution in [0, 0.1) is 11.6 Å². The molecule has 1 aromatic rings. The van der Waals surface area contributed by atoms with Crippen LogP contribution in [0.3, 0.4) is 0 Å². The molecule has 184 valence electrons. The zero-order chi connectivity index (χ0) is 24.9. The normalized spacial score (nSPS) is 13.5. The molecule has 6 nitrogen and oxygen atoms in total. The smallest absolute Gasteiger partial charge is 0.154 e. The van der Waals surface area contributed by atoms with Crippen LogP contribution >= 0.6 is 11.6 Å². The van der Waals surface area contributed by atoms with E-state index < -0.39 is 11.6 Å². The molecule has 0 saturated carbocycles. The molecule has 0 bridgehead atoms. The maximum Gasteiger partial charge on any atom is 0.154 e. The first-order valence-corrected chi connectivity index (χ1v) is 11.9. The second kappa shape index (κ2) is 14.3. The molecule has 0 saturated heterocycles. The average Bonchev–Trinajstić information content (AvgIpc) is 3.30. The van der Waals surface area contributed by atoms with Crippen LogP contribution in [0.15, 0.2) is 69.7 Å². The molecular weight excluding hydrogens is 458 g/mol. The fraction of sp³-hybridized carbons (Fsp3) is 0.400. The highest BCUT2D eigenvalue weighted by Crippen LogP contribution is 2.19. The molecule has 2 N–H and O–H groups in total. The van der Waals surface area contributed by atoms with E-state index in [-0.39, 0.29) is 18.1 Å². The summed E-state index contributed by atoms with van der Waals surface area (Å²) in [7, 11) is 0. The summed E-state index contributed by atoms with van der Waals surface area (Å²) in [6.45, 7) is 15.6. The van der Waals surface area contributed by atoms with Gasteiger partial charge < -0.3 is 15.5 Å². The summed E-state index contributed by atoms with van der Waals surface area (Å²) >= 11 is 5.93. The van der Waals surface area contributed by atoms with Gasteiger partial charge in [0, 0.05) is 25.1 Å². The third-order valence-electron chi connectivity index (χ3n) is 5.32. The first kappa shape index (κ1) is 27.2. The quantitative estimate of drug-likeness (QED) is 0.108. The van der Waals surface area contributed by atoms with Gasteiger partial charge in [0.05, 0.1) is 24.0 Å². The van der Waals surface area contributed by atoms with E-state index in [1.807, 2.05) is 0 Å². The van der Waals surface area contributed by atoms with Gasteiger partial charge in [-0.15, -0.1) is 11.6 Å². The summed E-state index contributed by atoms with van der Waals surface area (Å²) in [6, 6.07) is 3.57. The Morgan fingerprint density at radius 3 is 2.71 bits per heavy atom. The van der Waals surface area contributed by atoms with E-state index in [2.05, 4.69) is 57.3 Å². The minimum Gasteiger partial charge on any atom is -0.370 e. The maximum absolute atomic E-state index is 14.0. The van der Waals surface area contributed by atoms with Crippen molar-refractivity contribution in [2.24, 2.45) is 15.0 Å². The zero-order valence-corrected chi connectivity index (χ0v) is 20.5. The molecule has 0 radical (unpaired) electrons. The van der Waals surface area contributed by atoms with Crippen LogP contribution in [-0.2, 0) is 0 Å². The SMILES string of the molecule is C=CN/C(N=C)=C(/NCCl)C(=C)N(CCCC)CCCCC1=NCC(c2cc(F)ccc2F)=N1. The molecule has 2 rings (SSSR count). The molecule has 0 amide bonds. The van der Waals surface area contributed by atoms with E-state index in [0.29, 0.717) is 29.5 Å². The first-order valence-electron chi connectivity index (χ1n) is 11.3. The summed E-state index contributed by atoms with van der Waals surface area (Å²) in [5, 5.41) is 6.07. The van der Waals surface area contributed by atoms with Gasteiger partial charge in [0.15, 0.2) is 5.82 Å². The number of halogens is 3. The van der Waals surface area contributed by atoms with E-state index in [4.69, 9.17) is 11.6 Å². The lowest BCUT2D eigenvalue weighted by atomic mass is 10.1. The van der Waals surface area contributed by atoms with Crippen LogP contribution in [0.1, 0.15) is 44.6 Å². The Kier molecular flexibility index (Phi) is 11.5. The monoisotopic (exact) mass is 490 g/mol. The largest absolute Gasteiger partial charge is 0.370 e. The Morgan fingerprint density at radius 1 is 1.26 bits per heavy atom. The zero-order valence-electron chi connectivity index (χ0n) is 19.7. The van der Waals surface area contributed by atoms with E-state index in [1.165, 1.54) is 6.20 Å². The second-order valence-corrected chi connectivity index (χ2v) is 7.97. The van der Waals surface area contributed by atoms with E-state index in [9.17, 15) is 8.78 Å². The fourth-order valence-corrected chi connectivity index (χ4v) is 3.68. The Bertz CT molecular complexity index is 970.